The van der Waals surface area contributed by atoms with Gasteiger partial charge in [-0.05, 0) is 54.0 Å². The molecular weight excluding hydrogens is 370 g/mol. The molecule has 0 saturated carbocycles. The van der Waals surface area contributed by atoms with Crippen molar-refractivity contribution in [2.75, 3.05) is 13.2 Å². The fraction of sp³-hybridized carbons (Fsp3) is 0.444. The van der Waals surface area contributed by atoms with Crippen molar-refractivity contribution in [3.05, 3.63) is 71.3 Å². The predicted octanol–water partition coefficient (Wildman–Crippen LogP) is 7.14. The number of benzene rings is 2. The molecule has 3 heteroatoms. The zero-order chi connectivity index (χ0) is 22.3. The maximum Gasteiger partial charge on any atom is 0.126 e. The lowest BCUT2D eigenvalue weighted by atomic mass is 9.88. The van der Waals surface area contributed by atoms with Crippen LogP contribution in [-0.2, 0) is 6.61 Å². The molecule has 3 nitrogen and oxygen atoms in total. The lowest BCUT2D eigenvalue weighted by molar-refractivity contribution is 0.300. The van der Waals surface area contributed by atoms with E-state index in [1.165, 1.54) is 16.7 Å². The third-order valence-electron chi connectivity index (χ3n) is 5.24. The fourth-order valence-corrected chi connectivity index (χ4v) is 3.21. The van der Waals surface area contributed by atoms with Gasteiger partial charge in [0.1, 0.15) is 24.7 Å². The van der Waals surface area contributed by atoms with Crippen molar-refractivity contribution in [2.45, 2.75) is 61.0 Å². The smallest absolute Gasteiger partial charge is 0.126 e. The van der Waals surface area contributed by atoms with Gasteiger partial charge in [-0.2, -0.15) is 0 Å². The van der Waals surface area contributed by atoms with E-state index < -0.39 is 0 Å². The molecule has 0 bridgehead atoms. The molecular formula is C27H37NO2. The van der Waals surface area contributed by atoms with E-state index in [2.05, 4.69) is 71.3 Å². The zero-order valence-corrected chi connectivity index (χ0v) is 19.7. The fourth-order valence-electron chi connectivity index (χ4n) is 3.21. The number of ether oxygens (including phenoxy) is 2. The summed E-state index contributed by atoms with van der Waals surface area (Å²) < 4.78 is 12.0. The van der Waals surface area contributed by atoms with Crippen molar-refractivity contribution in [3.8, 4) is 11.5 Å². The van der Waals surface area contributed by atoms with Crippen molar-refractivity contribution in [3.63, 3.8) is 0 Å². The second kappa shape index (κ2) is 10.5. The van der Waals surface area contributed by atoms with E-state index in [-0.39, 0.29) is 5.41 Å². The SMILES string of the molecule is C=C(CN=C(C)COc1cccc(OCc2cccc(C)c2C(C)C)c1)C(C)(C)C. The summed E-state index contributed by atoms with van der Waals surface area (Å²) in [5.74, 6) is 2.06. The minimum atomic E-state index is 0.0725. The zero-order valence-electron chi connectivity index (χ0n) is 19.7. The van der Waals surface area contributed by atoms with E-state index in [4.69, 9.17) is 9.47 Å². The minimum absolute atomic E-state index is 0.0725. The summed E-state index contributed by atoms with van der Waals surface area (Å²) in [5, 5.41) is 0. The Bertz CT molecular complexity index is 888. The third kappa shape index (κ3) is 7.05. The Hall–Kier alpha value is -2.55. The molecule has 0 radical (unpaired) electrons. The molecule has 162 valence electrons. The van der Waals surface area contributed by atoms with Gasteiger partial charge < -0.3 is 9.47 Å². The first-order valence-electron chi connectivity index (χ1n) is 10.7. The average molecular weight is 408 g/mol. The summed E-state index contributed by atoms with van der Waals surface area (Å²) >= 11 is 0. The van der Waals surface area contributed by atoms with E-state index in [1.807, 2.05) is 31.2 Å². The van der Waals surface area contributed by atoms with Gasteiger partial charge in [-0.1, -0.05) is 71.0 Å². The molecule has 0 amide bonds. The maximum absolute atomic E-state index is 6.08. The molecule has 0 aliphatic carbocycles. The van der Waals surface area contributed by atoms with Gasteiger partial charge >= 0.3 is 0 Å². The summed E-state index contributed by atoms with van der Waals surface area (Å²) in [4.78, 5) is 4.60. The lowest BCUT2D eigenvalue weighted by Gasteiger charge is -2.20. The first-order valence-corrected chi connectivity index (χ1v) is 10.7. The van der Waals surface area contributed by atoms with Gasteiger partial charge in [0.2, 0.25) is 0 Å². The van der Waals surface area contributed by atoms with E-state index in [1.54, 1.807) is 0 Å². The Balaban J connectivity index is 1.96. The summed E-state index contributed by atoms with van der Waals surface area (Å²) in [6, 6.07) is 14.2. The highest BCUT2D eigenvalue weighted by Gasteiger charge is 2.14. The van der Waals surface area contributed by atoms with Crippen molar-refractivity contribution in [2.24, 2.45) is 10.4 Å². The molecule has 0 fully saturated rings. The molecule has 2 aromatic rings. The Morgan fingerprint density at radius 2 is 1.67 bits per heavy atom. The molecule has 0 aliphatic heterocycles. The van der Waals surface area contributed by atoms with Gasteiger partial charge in [0, 0.05) is 11.8 Å². The highest BCUT2D eigenvalue weighted by Crippen LogP contribution is 2.26. The predicted molar refractivity (Wildman–Crippen MR) is 128 cm³/mol. The van der Waals surface area contributed by atoms with Crippen LogP contribution in [0, 0.1) is 12.3 Å². The number of aliphatic imine (C=N–C) groups is 1. The van der Waals surface area contributed by atoms with E-state index in [0.29, 0.717) is 25.7 Å². The summed E-state index contributed by atoms with van der Waals surface area (Å²) in [6.45, 7) is 20.8. The molecule has 2 rings (SSSR count). The molecule has 0 saturated heterocycles. The topological polar surface area (TPSA) is 30.8 Å². The molecule has 0 aliphatic rings. The van der Waals surface area contributed by atoms with Crippen LogP contribution >= 0.6 is 0 Å². The van der Waals surface area contributed by atoms with Crippen LogP contribution in [0.3, 0.4) is 0 Å². The standard InChI is InChI=1S/C27H37NO2/c1-19(2)26-20(3)11-9-12-23(26)18-30-25-14-10-13-24(15-25)29-17-22(5)28-16-21(4)27(6,7)8/h9-15,19H,4,16-18H2,1-3,5-8H3. The van der Waals surface area contributed by atoms with Crippen molar-refractivity contribution in [1.29, 1.82) is 0 Å². The normalized spacial score (nSPS) is 12.2. The number of aryl methyl sites for hydroxylation is 1. The van der Waals surface area contributed by atoms with Crippen LogP contribution < -0.4 is 9.47 Å². The Labute approximate surface area is 182 Å². The van der Waals surface area contributed by atoms with Crippen LogP contribution in [0.2, 0.25) is 0 Å². The Morgan fingerprint density at radius 3 is 2.30 bits per heavy atom. The second-order valence-corrected chi connectivity index (χ2v) is 9.26. The van der Waals surface area contributed by atoms with E-state index >= 15 is 0 Å². The molecule has 0 unspecified atom stereocenters. The van der Waals surface area contributed by atoms with Crippen LogP contribution in [-0.4, -0.2) is 18.9 Å². The van der Waals surface area contributed by atoms with Gasteiger partial charge in [0.25, 0.3) is 0 Å². The second-order valence-electron chi connectivity index (χ2n) is 9.26. The summed E-state index contributed by atoms with van der Waals surface area (Å²) in [6.07, 6.45) is 0. The highest BCUT2D eigenvalue weighted by molar-refractivity contribution is 5.83. The number of hydrogen-bond donors (Lipinski definition) is 0. The van der Waals surface area contributed by atoms with Crippen LogP contribution in [0.15, 0.2) is 59.6 Å². The molecule has 0 N–H and O–H groups in total. The molecule has 0 heterocycles. The number of hydrogen-bond acceptors (Lipinski definition) is 3. The monoisotopic (exact) mass is 407 g/mol. The summed E-state index contributed by atoms with van der Waals surface area (Å²) in [7, 11) is 0. The highest BCUT2D eigenvalue weighted by atomic mass is 16.5. The Morgan fingerprint density at radius 1 is 1.03 bits per heavy atom. The van der Waals surface area contributed by atoms with Gasteiger partial charge in [-0.25, -0.2) is 0 Å². The van der Waals surface area contributed by atoms with Crippen LogP contribution in [0.1, 0.15) is 64.2 Å². The quantitative estimate of drug-likeness (QED) is 0.327. The van der Waals surface area contributed by atoms with E-state index in [9.17, 15) is 0 Å². The van der Waals surface area contributed by atoms with E-state index in [0.717, 1.165) is 22.8 Å². The lowest BCUT2D eigenvalue weighted by Crippen LogP contribution is -2.13. The third-order valence-corrected chi connectivity index (χ3v) is 5.24. The average Bonchev–Trinajstić information content (AvgIpc) is 2.68. The van der Waals surface area contributed by atoms with Gasteiger partial charge in [-0.15, -0.1) is 0 Å². The van der Waals surface area contributed by atoms with Gasteiger partial charge in [0.05, 0.1) is 6.54 Å². The minimum Gasteiger partial charge on any atom is -0.489 e. The summed E-state index contributed by atoms with van der Waals surface area (Å²) in [5.41, 5.74) is 6.06. The largest absolute Gasteiger partial charge is 0.489 e. The molecule has 0 spiro atoms. The van der Waals surface area contributed by atoms with Crippen LogP contribution in [0.5, 0.6) is 11.5 Å². The molecule has 0 aromatic heterocycles. The Kier molecular flexibility index (Phi) is 8.28. The first kappa shape index (κ1) is 23.7. The first-order chi connectivity index (χ1) is 14.1. The number of nitrogens with zero attached hydrogens (tertiary/aromatic N) is 1. The van der Waals surface area contributed by atoms with Crippen molar-refractivity contribution >= 4 is 5.71 Å². The van der Waals surface area contributed by atoms with Gasteiger partial charge in [-0.3, -0.25) is 4.99 Å². The van der Waals surface area contributed by atoms with Gasteiger partial charge in [0.15, 0.2) is 0 Å². The molecule has 30 heavy (non-hydrogen) atoms. The number of rotatable bonds is 9. The van der Waals surface area contributed by atoms with Crippen molar-refractivity contribution < 1.29 is 9.47 Å². The maximum atomic E-state index is 6.08. The van der Waals surface area contributed by atoms with Crippen molar-refractivity contribution in [1.82, 2.24) is 0 Å². The van der Waals surface area contributed by atoms with Crippen LogP contribution in [0.25, 0.3) is 0 Å². The molecule has 0 atom stereocenters. The van der Waals surface area contributed by atoms with Crippen LogP contribution in [0.4, 0.5) is 0 Å². The molecule has 2 aromatic carbocycles.